The van der Waals surface area contributed by atoms with Gasteiger partial charge in [0.2, 0.25) is 0 Å². The van der Waals surface area contributed by atoms with E-state index in [4.69, 9.17) is 4.42 Å². The van der Waals surface area contributed by atoms with Gasteiger partial charge in [-0.05, 0) is 80.6 Å². The lowest BCUT2D eigenvalue weighted by atomic mass is 10.0. The van der Waals surface area contributed by atoms with Crippen molar-refractivity contribution in [2.75, 3.05) is 0 Å². The molecule has 3 nitrogen and oxygen atoms in total. The summed E-state index contributed by atoms with van der Waals surface area (Å²) in [5.41, 5.74) is 4.09. The van der Waals surface area contributed by atoms with Crippen LogP contribution in [0, 0.1) is 13.8 Å². The average molecular weight is 436 g/mol. The Kier molecular flexibility index (Phi) is 3.31. The monoisotopic (exact) mass is 434 g/mol. The molecular weight excluding hydrogens is 424 g/mol. The molecule has 1 aliphatic rings. The van der Waals surface area contributed by atoms with E-state index >= 15 is 0 Å². The number of fused-ring (bicyclic) bond motifs is 4. The number of rotatable bonds is 0. The van der Waals surface area contributed by atoms with Gasteiger partial charge in [-0.3, -0.25) is 4.79 Å². The molecule has 4 rings (SSSR count). The molecule has 0 spiro atoms. The molecule has 0 aliphatic heterocycles. The van der Waals surface area contributed by atoms with Gasteiger partial charge in [0.25, 0.3) is 0 Å². The van der Waals surface area contributed by atoms with E-state index in [9.17, 15) is 9.90 Å². The van der Waals surface area contributed by atoms with Crippen LogP contribution < -0.4 is 5.43 Å². The minimum atomic E-state index is -0.967. The van der Waals surface area contributed by atoms with E-state index in [0.29, 0.717) is 27.9 Å². The molecule has 1 atom stereocenters. The molecule has 0 bridgehead atoms. The van der Waals surface area contributed by atoms with Crippen molar-refractivity contribution in [3.63, 3.8) is 0 Å². The fourth-order valence-corrected chi connectivity index (χ4v) is 3.96. The summed E-state index contributed by atoms with van der Waals surface area (Å²) in [6.07, 6.45) is -0.967. The van der Waals surface area contributed by atoms with Crippen LogP contribution in [0.5, 0.6) is 0 Å². The molecule has 2 aromatic carbocycles. The SMILES string of the molecule is Cc1cc(C)c2oc3c(c(=O)c2c1)C(O)c1cc(Br)c(Br)cc1-3. The molecular formula is C18H12Br2O3. The number of aryl methyl sites for hydroxylation is 2. The molecule has 1 aliphatic carbocycles. The van der Waals surface area contributed by atoms with Gasteiger partial charge >= 0.3 is 0 Å². The second-order valence-electron chi connectivity index (χ2n) is 5.89. The van der Waals surface area contributed by atoms with Crippen molar-refractivity contribution >= 4 is 42.8 Å². The number of aliphatic hydroxyl groups excluding tert-OH is 1. The molecule has 0 saturated carbocycles. The Balaban J connectivity index is 2.16. The maximum absolute atomic E-state index is 12.9. The molecule has 1 unspecified atom stereocenters. The van der Waals surface area contributed by atoms with Crippen LogP contribution >= 0.6 is 31.9 Å². The van der Waals surface area contributed by atoms with E-state index in [1.54, 1.807) is 0 Å². The van der Waals surface area contributed by atoms with Gasteiger partial charge in [0, 0.05) is 14.5 Å². The number of hydrogen-bond donors (Lipinski definition) is 1. The second kappa shape index (κ2) is 5.03. The molecule has 116 valence electrons. The highest BCUT2D eigenvalue weighted by molar-refractivity contribution is 9.13. The quantitative estimate of drug-likeness (QED) is 0.540. The average Bonchev–Trinajstić information content (AvgIpc) is 2.74. The number of halogens is 2. The highest BCUT2D eigenvalue weighted by Crippen LogP contribution is 2.46. The lowest BCUT2D eigenvalue weighted by molar-refractivity contribution is 0.223. The largest absolute Gasteiger partial charge is 0.455 e. The van der Waals surface area contributed by atoms with Gasteiger partial charge in [-0.25, -0.2) is 0 Å². The summed E-state index contributed by atoms with van der Waals surface area (Å²) in [6.45, 7) is 3.87. The smallest absolute Gasteiger partial charge is 0.199 e. The first-order chi connectivity index (χ1) is 10.9. The fourth-order valence-electron chi connectivity index (χ4n) is 3.25. The standard InChI is InChI=1S/C18H12Br2O3/c1-7-3-8(2)17-11(4-7)16(22)14-15(21)9-5-12(19)13(20)6-10(9)18(14)23-17/h3-6,15,21H,1-2H3. The van der Waals surface area contributed by atoms with Crippen LogP contribution in [0.2, 0.25) is 0 Å². The van der Waals surface area contributed by atoms with E-state index in [0.717, 1.165) is 25.6 Å². The molecule has 5 heteroatoms. The Bertz CT molecular complexity index is 1050. The molecule has 23 heavy (non-hydrogen) atoms. The van der Waals surface area contributed by atoms with Crippen molar-refractivity contribution in [2.45, 2.75) is 20.0 Å². The van der Waals surface area contributed by atoms with E-state index in [-0.39, 0.29) is 5.43 Å². The maximum Gasteiger partial charge on any atom is 0.199 e. The summed E-state index contributed by atoms with van der Waals surface area (Å²) >= 11 is 6.90. The van der Waals surface area contributed by atoms with E-state index in [2.05, 4.69) is 31.9 Å². The predicted octanol–water partition coefficient (Wildman–Crippen LogP) is 5.00. The lowest BCUT2D eigenvalue weighted by Gasteiger charge is -2.08. The van der Waals surface area contributed by atoms with Crippen LogP contribution in [0.4, 0.5) is 0 Å². The van der Waals surface area contributed by atoms with Gasteiger partial charge in [0.05, 0.1) is 10.9 Å². The zero-order valence-corrected chi connectivity index (χ0v) is 15.6. The molecule has 0 radical (unpaired) electrons. The maximum atomic E-state index is 12.9. The van der Waals surface area contributed by atoms with Gasteiger partial charge in [-0.2, -0.15) is 0 Å². The van der Waals surface area contributed by atoms with Crippen LogP contribution in [0.3, 0.4) is 0 Å². The Labute approximate surface area is 149 Å². The van der Waals surface area contributed by atoms with Crippen LogP contribution in [-0.4, -0.2) is 5.11 Å². The number of benzene rings is 2. The first-order valence-corrected chi connectivity index (χ1v) is 8.72. The van der Waals surface area contributed by atoms with Gasteiger partial charge in [-0.15, -0.1) is 0 Å². The fraction of sp³-hybridized carbons (Fsp3) is 0.167. The summed E-state index contributed by atoms with van der Waals surface area (Å²) in [7, 11) is 0. The molecule has 0 fully saturated rings. The second-order valence-corrected chi connectivity index (χ2v) is 7.60. The van der Waals surface area contributed by atoms with Crippen LogP contribution in [-0.2, 0) is 0 Å². The third-order valence-electron chi connectivity index (χ3n) is 4.26. The number of hydrogen-bond acceptors (Lipinski definition) is 3. The van der Waals surface area contributed by atoms with E-state index < -0.39 is 6.10 Å². The topological polar surface area (TPSA) is 50.4 Å². The van der Waals surface area contributed by atoms with E-state index in [1.807, 2.05) is 38.1 Å². The van der Waals surface area contributed by atoms with Crippen LogP contribution in [0.15, 0.2) is 42.4 Å². The summed E-state index contributed by atoms with van der Waals surface area (Å²) < 4.78 is 7.74. The highest BCUT2D eigenvalue weighted by atomic mass is 79.9. The zero-order valence-electron chi connectivity index (χ0n) is 12.4. The molecule has 0 saturated heterocycles. The molecule has 0 amide bonds. The summed E-state index contributed by atoms with van der Waals surface area (Å²) in [6, 6.07) is 7.49. The van der Waals surface area contributed by atoms with Crippen molar-refractivity contribution in [3.05, 3.63) is 65.7 Å². The Hall–Kier alpha value is -1.43. The lowest BCUT2D eigenvalue weighted by Crippen LogP contribution is -2.12. The number of aliphatic hydroxyl groups is 1. The van der Waals surface area contributed by atoms with Crippen molar-refractivity contribution in [1.29, 1.82) is 0 Å². The Morgan fingerprint density at radius 1 is 1.09 bits per heavy atom. The van der Waals surface area contributed by atoms with Gasteiger partial charge < -0.3 is 9.52 Å². The van der Waals surface area contributed by atoms with Crippen LogP contribution in [0.25, 0.3) is 22.3 Å². The molecule has 1 N–H and O–H groups in total. The summed E-state index contributed by atoms with van der Waals surface area (Å²) in [4.78, 5) is 12.9. The van der Waals surface area contributed by atoms with Crippen molar-refractivity contribution in [3.8, 4) is 11.3 Å². The van der Waals surface area contributed by atoms with Crippen molar-refractivity contribution in [2.24, 2.45) is 0 Å². The van der Waals surface area contributed by atoms with Gasteiger partial charge in [0.1, 0.15) is 17.4 Å². The summed E-state index contributed by atoms with van der Waals surface area (Å²) in [5, 5.41) is 11.2. The Morgan fingerprint density at radius 2 is 1.78 bits per heavy atom. The first-order valence-electron chi connectivity index (χ1n) is 7.14. The first kappa shape index (κ1) is 15.1. The molecule has 3 aromatic rings. The van der Waals surface area contributed by atoms with Crippen molar-refractivity contribution < 1.29 is 9.52 Å². The van der Waals surface area contributed by atoms with Gasteiger partial charge in [0.15, 0.2) is 5.43 Å². The normalized spacial score (nSPS) is 15.8. The minimum absolute atomic E-state index is 0.163. The Morgan fingerprint density at radius 3 is 2.52 bits per heavy atom. The van der Waals surface area contributed by atoms with Gasteiger partial charge in [-0.1, -0.05) is 6.07 Å². The van der Waals surface area contributed by atoms with Crippen molar-refractivity contribution in [1.82, 2.24) is 0 Å². The molecule has 1 aromatic heterocycles. The zero-order chi connectivity index (χ0) is 16.5. The highest BCUT2D eigenvalue weighted by Gasteiger charge is 2.34. The molecule has 1 heterocycles. The third-order valence-corrected chi connectivity index (χ3v) is 6.11. The minimum Gasteiger partial charge on any atom is -0.455 e. The third kappa shape index (κ3) is 2.07. The predicted molar refractivity (Wildman–Crippen MR) is 96.9 cm³/mol. The summed E-state index contributed by atoms with van der Waals surface area (Å²) in [5.74, 6) is 0.463. The van der Waals surface area contributed by atoms with Crippen LogP contribution in [0.1, 0.15) is 28.4 Å². The van der Waals surface area contributed by atoms with E-state index in [1.165, 1.54) is 0 Å².